The lowest BCUT2D eigenvalue weighted by molar-refractivity contribution is 0.304. The number of nitrogens with one attached hydrogen (secondary N) is 2. The Hall–Kier alpha value is -0.830. The molecule has 1 aromatic rings. The minimum absolute atomic E-state index is 0.395. The molecule has 1 aromatic heterocycles. The summed E-state index contributed by atoms with van der Waals surface area (Å²) in [7, 11) is 0. The molecule has 72 valence electrons. The van der Waals surface area contributed by atoms with Crippen LogP contribution in [0.4, 0.5) is 0 Å². The van der Waals surface area contributed by atoms with Crippen molar-refractivity contribution in [2.45, 2.75) is 26.2 Å². The number of hydrogen-bond acceptors (Lipinski definition) is 2. The van der Waals surface area contributed by atoms with Gasteiger partial charge in [-0.1, -0.05) is 13.8 Å². The molecule has 0 saturated carbocycles. The fraction of sp³-hybridized carbons (Fsp3) is 0.700. The highest BCUT2D eigenvalue weighted by Gasteiger charge is 2.38. The van der Waals surface area contributed by atoms with Crippen LogP contribution in [0.25, 0.3) is 0 Å². The van der Waals surface area contributed by atoms with E-state index in [4.69, 9.17) is 0 Å². The lowest BCUT2D eigenvalue weighted by Gasteiger charge is -2.28. The highest BCUT2D eigenvalue weighted by molar-refractivity contribution is 5.14. The third-order valence-corrected chi connectivity index (χ3v) is 3.42. The second kappa shape index (κ2) is 3.14. The average Bonchev–Trinajstić information content (AvgIpc) is 2.73. The van der Waals surface area contributed by atoms with Crippen LogP contribution in [0.5, 0.6) is 0 Å². The van der Waals surface area contributed by atoms with E-state index in [1.165, 1.54) is 12.1 Å². The summed E-state index contributed by atoms with van der Waals surface area (Å²) in [6.07, 6.45) is 3.05. The van der Waals surface area contributed by atoms with Crippen LogP contribution in [-0.2, 0) is 0 Å². The van der Waals surface area contributed by atoms with Crippen LogP contribution in [0.15, 0.2) is 12.3 Å². The molecule has 3 heteroatoms. The number of H-pyrrole nitrogens is 1. The zero-order valence-corrected chi connectivity index (χ0v) is 8.30. The summed E-state index contributed by atoms with van der Waals surface area (Å²) in [5, 5.41) is 10.5. The Bertz CT molecular complexity index is 268. The van der Waals surface area contributed by atoms with Gasteiger partial charge in [-0.25, -0.2) is 0 Å². The van der Waals surface area contributed by atoms with Gasteiger partial charge in [0.05, 0.1) is 0 Å². The molecule has 3 nitrogen and oxygen atoms in total. The maximum absolute atomic E-state index is 4.01. The minimum Gasteiger partial charge on any atom is -0.315 e. The van der Waals surface area contributed by atoms with Crippen LogP contribution in [0.3, 0.4) is 0 Å². The van der Waals surface area contributed by atoms with Gasteiger partial charge in [-0.05, 0) is 17.9 Å². The quantitative estimate of drug-likeness (QED) is 0.722. The molecule has 2 heterocycles. The molecule has 0 bridgehead atoms. The van der Waals surface area contributed by atoms with Crippen molar-refractivity contribution in [3.05, 3.63) is 18.0 Å². The van der Waals surface area contributed by atoms with Gasteiger partial charge in [0.25, 0.3) is 0 Å². The summed E-state index contributed by atoms with van der Waals surface area (Å²) in [6.45, 7) is 6.80. The number of hydrogen-bond donors (Lipinski definition) is 2. The van der Waals surface area contributed by atoms with Crippen molar-refractivity contribution >= 4 is 0 Å². The summed E-state index contributed by atoms with van der Waals surface area (Å²) in [5.41, 5.74) is 1.67. The second-order valence-corrected chi connectivity index (χ2v) is 4.20. The van der Waals surface area contributed by atoms with Crippen molar-refractivity contribution in [2.24, 2.45) is 5.41 Å². The van der Waals surface area contributed by atoms with E-state index < -0.39 is 0 Å². The topological polar surface area (TPSA) is 40.7 Å². The number of rotatable bonds is 2. The summed E-state index contributed by atoms with van der Waals surface area (Å²) >= 11 is 0. The first kappa shape index (κ1) is 8.75. The Morgan fingerprint density at radius 1 is 1.69 bits per heavy atom. The molecule has 1 aliphatic heterocycles. The molecule has 2 N–H and O–H groups in total. The summed E-state index contributed by atoms with van der Waals surface area (Å²) in [6, 6.07) is 2.09. The molecule has 13 heavy (non-hydrogen) atoms. The van der Waals surface area contributed by atoms with Gasteiger partial charge in [0.1, 0.15) is 0 Å². The fourth-order valence-corrected chi connectivity index (χ4v) is 2.19. The summed E-state index contributed by atoms with van der Waals surface area (Å²) in [4.78, 5) is 0. The molecular formula is C10H17N3. The second-order valence-electron chi connectivity index (χ2n) is 4.20. The Morgan fingerprint density at radius 2 is 2.54 bits per heavy atom. The molecule has 2 rings (SSSR count). The molecule has 0 aliphatic carbocycles. The largest absolute Gasteiger partial charge is 0.315 e. The normalized spacial score (nSPS) is 33.8. The van der Waals surface area contributed by atoms with Crippen LogP contribution >= 0.6 is 0 Å². The highest BCUT2D eigenvalue weighted by Crippen LogP contribution is 2.40. The Kier molecular flexibility index (Phi) is 2.12. The molecule has 0 amide bonds. The zero-order valence-electron chi connectivity index (χ0n) is 8.30. The third kappa shape index (κ3) is 1.37. The van der Waals surface area contributed by atoms with Gasteiger partial charge in [0.15, 0.2) is 0 Å². The van der Waals surface area contributed by atoms with Crippen LogP contribution in [0.2, 0.25) is 0 Å². The van der Waals surface area contributed by atoms with E-state index in [0.717, 1.165) is 13.1 Å². The van der Waals surface area contributed by atoms with Gasteiger partial charge in [-0.3, -0.25) is 5.10 Å². The standard InChI is InChI=1S/C10H17N3/c1-3-10(2)7-11-6-8(10)9-4-5-12-13-9/h4-5,8,11H,3,6-7H2,1-2H3,(H,12,13)/t8-,10-/m0/s1. The van der Waals surface area contributed by atoms with Crippen LogP contribution < -0.4 is 5.32 Å². The van der Waals surface area contributed by atoms with Gasteiger partial charge in [-0.15, -0.1) is 0 Å². The molecule has 1 saturated heterocycles. The first-order valence-electron chi connectivity index (χ1n) is 4.96. The molecule has 0 aromatic carbocycles. The van der Waals surface area contributed by atoms with Crippen molar-refractivity contribution in [1.29, 1.82) is 0 Å². The number of aromatic amines is 1. The van der Waals surface area contributed by atoms with E-state index in [1.807, 2.05) is 6.20 Å². The fourth-order valence-electron chi connectivity index (χ4n) is 2.19. The summed E-state index contributed by atoms with van der Waals surface area (Å²) in [5.74, 6) is 0.597. The maximum atomic E-state index is 4.01. The van der Waals surface area contributed by atoms with E-state index in [-0.39, 0.29) is 0 Å². The zero-order chi connectivity index (χ0) is 9.31. The minimum atomic E-state index is 0.395. The lowest BCUT2D eigenvalue weighted by Crippen LogP contribution is -2.24. The first-order valence-corrected chi connectivity index (χ1v) is 4.96. The van der Waals surface area contributed by atoms with E-state index in [1.54, 1.807) is 0 Å². The van der Waals surface area contributed by atoms with Crippen molar-refractivity contribution in [2.75, 3.05) is 13.1 Å². The Labute approximate surface area is 78.9 Å². The molecule has 0 spiro atoms. The van der Waals surface area contributed by atoms with E-state index >= 15 is 0 Å². The smallest absolute Gasteiger partial charge is 0.0490 e. The van der Waals surface area contributed by atoms with Crippen LogP contribution in [-0.4, -0.2) is 23.3 Å². The maximum Gasteiger partial charge on any atom is 0.0490 e. The first-order chi connectivity index (χ1) is 6.26. The average molecular weight is 179 g/mol. The predicted octanol–water partition coefficient (Wildman–Crippen LogP) is 1.51. The predicted molar refractivity (Wildman–Crippen MR) is 52.6 cm³/mol. The highest BCUT2D eigenvalue weighted by atomic mass is 15.1. The van der Waals surface area contributed by atoms with E-state index in [0.29, 0.717) is 11.3 Å². The van der Waals surface area contributed by atoms with Crippen molar-refractivity contribution < 1.29 is 0 Å². The molecule has 1 aliphatic rings. The summed E-state index contributed by atoms with van der Waals surface area (Å²) < 4.78 is 0. The Balaban J connectivity index is 2.24. The lowest BCUT2D eigenvalue weighted by atomic mass is 9.76. The van der Waals surface area contributed by atoms with Gasteiger partial charge in [0, 0.05) is 30.9 Å². The number of nitrogens with zero attached hydrogens (tertiary/aromatic N) is 1. The van der Waals surface area contributed by atoms with Crippen molar-refractivity contribution in [3.63, 3.8) is 0 Å². The van der Waals surface area contributed by atoms with Crippen molar-refractivity contribution in [1.82, 2.24) is 15.5 Å². The van der Waals surface area contributed by atoms with Crippen LogP contribution in [0, 0.1) is 5.41 Å². The SMILES string of the molecule is CC[C@@]1(C)CNC[C@H]1c1ccn[nH]1. The molecule has 0 radical (unpaired) electrons. The van der Waals surface area contributed by atoms with Gasteiger partial charge < -0.3 is 5.32 Å². The van der Waals surface area contributed by atoms with E-state index in [9.17, 15) is 0 Å². The third-order valence-electron chi connectivity index (χ3n) is 3.42. The van der Waals surface area contributed by atoms with Crippen molar-refractivity contribution in [3.8, 4) is 0 Å². The van der Waals surface area contributed by atoms with Gasteiger partial charge in [-0.2, -0.15) is 5.10 Å². The number of aromatic nitrogens is 2. The molecule has 1 fully saturated rings. The molecule has 2 atom stereocenters. The van der Waals surface area contributed by atoms with Gasteiger partial charge >= 0.3 is 0 Å². The molecule has 0 unspecified atom stereocenters. The molecular weight excluding hydrogens is 162 g/mol. The monoisotopic (exact) mass is 179 g/mol. The van der Waals surface area contributed by atoms with Crippen LogP contribution in [0.1, 0.15) is 31.9 Å². The van der Waals surface area contributed by atoms with E-state index in [2.05, 4.69) is 35.4 Å². The van der Waals surface area contributed by atoms with Gasteiger partial charge in [0.2, 0.25) is 0 Å². The Morgan fingerprint density at radius 3 is 3.15 bits per heavy atom.